The molecule has 4 heteroatoms. The normalized spacial score (nSPS) is 12.0. The molecule has 2 aromatic rings. The average molecular weight is 331 g/mol. The van der Waals surface area contributed by atoms with E-state index < -0.39 is 0 Å². The van der Waals surface area contributed by atoms with Crippen LogP contribution < -0.4 is 10.6 Å². The van der Waals surface area contributed by atoms with Crippen molar-refractivity contribution >= 4 is 28.7 Å². The highest BCUT2D eigenvalue weighted by atomic mass is 32.1. The van der Waals surface area contributed by atoms with E-state index in [1.807, 2.05) is 0 Å². The predicted octanol–water partition coefficient (Wildman–Crippen LogP) is 4.61. The average Bonchev–Trinajstić information content (AvgIpc) is 3.05. The topological polar surface area (TPSA) is 24.1 Å². The quantitative estimate of drug-likeness (QED) is 0.597. The SMILES string of the molecule is C=CCNC(=S)N[C@H](c1ccc(C(C)C)cc1)c1cccs1. The summed E-state index contributed by atoms with van der Waals surface area (Å²) in [6.45, 7) is 8.77. The highest BCUT2D eigenvalue weighted by molar-refractivity contribution is 7.80. The summed E-state index contributed by atoms with van der Waals surface area (Å²) in [6, 6.07) is 13.0. The van der Waals surface area contributed by atoms with Gasteiger partial charge in [-0.05, 0) is 40.7 Å². The van der Waals surface area contributed by atoms with E-state index in [0.29, 0.717) is 17.6 Å². The molecule has 22 heavy (non-hydrogen) atoms. The van der Waals surface area contributed by atoms with Crippen molar-refractivity contribution in [2.75, 3.05) is 6.54 Å². The van der Waals surface area contributed by atoms with Crippen molar-refractivity contribution in [3.63, 3.8) is 0 Å². The lowest BCUT2D eigenvalue weighted by Crippen LogP contribution is -2.37. The van der Waals surface area contributed by atoms with Gasteiger partial charge in [-0.2, -0.15) is 0 Å². The highest BCUT2D eigenvalue weighted by Gasteiger charge is 2.16. The minimum Gasteiger partial charge on any atom is -0.359 e. The fourth-order valence-electron chi connectivity index (χ4n) is 2.19. The number of nitrogens with one attached hydrogen (secondary N) is 2. The first kappa shape index (κ1) is 16.7. The molecule has 0 amide bonds. The van der Waals surface area contributed by atoms with E-state index in [1.54, 1.807) is 17.4 Å². The van der Waals surface area contributed by atoms with Gasteiger partial charge in [0.1, 0.15) is 0 Å². The van der Waals surface area contributed by atoms with Gasteiger partial charge in [0.2, 0.25) is 0 Å². The first-order chi connectivity index (χ1) is 10.6. The minimum absolute atomic E-state index is 0.0750. The summed E-state index contributed by atoms with van der Waals surface area (Å²) in [5.41, 5.74) is 2.57. The molecule has 116 valence electrons. The molecule has 0 saturated heterocycles. The van der Waals surface area contributed by atoms with Gasteiger partial charge in [-0.25, -0.2) is 0 Å². The number of thiophene rings is 1. The highest BCUT2D eigenvalue weighted by Crippen LogP contribution is 2.27. The predicted molar refractivity (Wildman–Crippen MR) is 101 cm³/mol. The maximum atomic E-state index is 5.37. The molecule has 2 rings (SSSR count). The molecule has 0 aliphatic carbocycles. The van der Waals surface area contributed by atoms with Crippen LogP contribution in [0.1, 0.15) is 41.8 Å². The molecular formula is C18H22N2S2. The van der Waals surface area contributed by atoms with E-state index in [2.05, 4.69) is 72.8 Å². The fraction of sp³-hybridized carbons (Fsp3) is 0.278. The van der Waals surface area contributed by atoms with Gasteiger partial charge in [-0.15, -0.1) is 17.9 Å². The third-order valence-electron chi connectivity index (χ3n) is 3.45. The molecule has 0 saturated carbocycles. The Morgan fingerprint density at radius 2 is 1.91 bits per heavy atom. The lowest BCUT2D eigenvalue weighted by Gasteiger charge is -2.21. The van der Waals surface area contributed by atoms with Crippen LogP contribution in [-0.2, 0) is 0 Å². The maximum Gasteiger partial charge on any atom is 0.167 e. The molecule has 0 bridgehead atoms. The lowest BCUT2D eigenvalue weighted by atomic mass is 9.98. The second kappa shape index (κ2) is 8.11. The molecular weight excluding hydrogens is 308 g/mol. The van der Waals surface area contributed by atoms with Crippen LogP contribution in [0.25, 0.3) is 0 Å². The summed E-state index contributed by atoms with van der Waals surface area (Å²) >= 11 is 7.10. The second-order valence-corrected chi connectivity index (χ2v) is 6.80. The maximum absolute atomic E-state index is 5.37. The Balaban J connectivity index is 2.21. The lowest BCUT2D eigenvalue weighted by molar-refractivity contribution is 0.758. The van der Waals surface area contributed by atoms with E-state index >= 15 is 0 Å². The molecule has 1 aromatic carbocycles. The van der Waals surface area contributed by atoms with Crippen molar-refractivity contribution in [2.24, 2.45) is 0 Å². The zero-order chi connectivity index (χ0) is 15.9. The van der Waals surface area contributed by atoms with Crippen LogP contribution in [0.5, 0.6) is 0 Å². The van der Waals surface area contributed by atoms with E-state index in [1.165, 1.54) is 16.0 Å². The van der Waals surface area contributed by atoms with Gasteiger partial charge < -0.3 is 10.6 Å². The summed E-state index contributed by atoms with van der Waals surface area (Å²) in [7, 11) is 0. The van der Waals surface area contributed by atoms with Gasteiger partial charge in [-0.3, -0.25) is 0 Å². The van der Waals surface area contributed by atoms with Crippen molar-refractivity contribution in [2.45, 2.75) is 25.8 Å². The van der Waals surface area contributed by atoms with Crippen LogP contribution in [0.15, 0.2) is 54.4 Å². The van der Waals surface area contributed by atoms with Gasteiger partial charge in [0, 0.05) is 11.4 Å². The fourth-order valence-corrected chi connectivity index (χ4v) is 3.20. The van der Waals surface area contributed by atoms with Gasteiger partial charge >= 0.3 is 0 Å². The number of thiocarbonyl (C=S) groups is 1. The number of hydrogen-bond donors (Lipinski definition) is 2. The molecule has 0 aliphatic heterocycles. The molecule has 0 unspecified atom stereocenters. The van der Waals surface area contributed by atoms with E-state index in [-0.39, 0.29) is 6.04 Å². The van der Waals surface area contributed by atoms with Crippen LogP contribution >= 0.6 is 23.6 Å². The second-order valence-electron chi connectivity index (χ2n) is 5.41. The van der Waals surface area contributed by atoms with Gasteiger partial charge in [0.05, 0.1) is 6.04 Å². The van der Waals surface area contributed by atoms with Crippen LogP contribution in [0.4, 0.5) is 0 Å². The third-order valence-corrected chi connectivity index (χ3v) is 4.65. The van der Waals surface area contributed by atoms with Gasteiger partial charge in [0.15, 0.2) is 5.11 Å². The summed E-state index contributed by atoms with van der Waals surface area (Å²) in [6.07, 6.45) is 1.80. The van der Waals surface area contributed by atoms with Crippen LogP contribution in [0.2, 0.25) is 0 Å². The minimum atomic E-state index is 0.0750. The molecule has 0 spiro atoms. The summed E-state index contributed by atoms with van der Waals surface area (Å²) in [5, 5.41) is 9.27. The zero-order valence-electron chi connectivity index (χ0n) is 13.0. The van der Waals surface area contributed by atoms with Crippen molar-refractivity contribution in [1.29, 1.82) is 0 Å². The van der Waals surface area contributed by atoms with Crippen LogP contribution in [0.3, 0.4) is 0 Å². The van der Waals surface area contributed by atoms with Crippen molar-refractivity contribution < 1.29 is 0 Å². The van der Waals surface area contributed by atoms with Crippen LogP contribution in [0, 0.1) is 0 Å². The molecule has 1 atom stereocenters. The number of rotatable bonds is 6. The largest absolute Gasteiger partial charge is 0.359 e. The van der Waals surface area contributed by atoms with E-state index in [0.717, 1.165) is 0 Å². The Morgan fingerprint density at radius 3 is 2.45 bits per heavy atom. The summed E-state index contributed by atoms with van der Waals surface area (Å²) in [4.78, 5) is 1.25. The molecule has 1 heterocycles. The molecule has 0 radical (unpaired) electrons. The first-order valence-electron chi connectivity index (χ1n) is 7.40. The van der Waals surface area contributed by atoms with E-state index in [9.17, 15) is 0 Å². The van der Waals surface area contributed by atoms with Crippen molar-refractivity contribution in [3.05, 3.63) is 70.4 Å². The molecule has 2 nitrogen and oxygen atoms in total. The molecule has 1 aromatic heterocycles. The van der Waals surface area contributed by atoms with Crippen LogP contribution in [-0.4, -0.2) is 11.7 Å². The smallest absolute Gasteiger partial charge is 0.167 e. The third kappa shape index (κ3) is 4.42. The summed E-state index contributed by atoms with van der Waals surface area (Å²) < 4.78 is 0. The number of benzene rings is 1. The Hall–Kier alpha value is -1.65. The van der Waals surface area contributed by atoms with Crippen molar-refractivity contribution in [3.8, 4) is 0 Å². The summed E-state index contributed by atoms with van der Waals surface area (Å²) in [5.74, 6) is 0.539. The molecule has 0 fully saturated rings. The Kier molecular flexibility index (Phi) is 6.16. The molecule has 0 aliphatic rings. The van der Waals surface area contributed by atoms with Gasteiger partial charge in [-0.1, -0.05) is 50.3 Å². The van der Waals surface area contributed by atoms with Crippen molar-refractivity contribution in [1.82, 2.24) is 10.6 Å². The Morgan fingerprint density at radius 1 is 1.23 bits per heavy atom. The first-order valence-corrected chi connectivity index (χ1v) is 8.69. The standard InChI is InChI=1S/C18H22N2S2/c1-4-11-19-18(21)20-17(16-6-5-12-22-16)15-9-7-14(8-10-15)13(2)3/h4-10,12-13,17H,1,11H2,2-3H3,(H2,19,20,21)/t17-/m1/s1. The molecule has 2 N–H and O–H groups in total. The zero-order valence-corrected chi connectivity index (χ0v) is 14.6. The van der Waals surface area contributed by atoms with E-state index in [4.69, 9.17) is 12.2 Å². The monoisotopic (exact) mass is 330 g/mol. The number of hydrogen-bond acceptors (Lipinski definition) is 2. The van der Waals surface area contributed by atoms with Gasteiger partial charge in [0.25, 0.3) is 0 Å². The Labute approximate surface area is 142 Å². The Bertz CT molecular complexity index is 601.